The summed E-state index contributed by atoms with van der Waals surface area (Å²) in [4.78, 5) is 13.7. The molecule has 0 aliphatic rings. The van der Waals surface area contributed by atoms with E-state index in [9.17, 15) is 4.79 Å². The molecule has 178 valence electrons. The van der Waals surface area contributed by atoms with Crippen molar-refractivity contribution in [3.8, 4) is 27.8 Å². The smallest absolute Gasteiger partial charge is 0.251 e. The molecule has 2 aromatic heterocycles. The lowest BCUT2D eigenvalue weighted by atomic mass is 10.1. The monoisotopic (exact) mass is 481 g/mol. The fraction of sp³-hybridized carbons (Fsp3) is 0.333. The Morgan fingerprint density at radius 2 is 1.62 bits per heavy atom. The van der Waals surface area contributed by atoms with Crippen LogP contribution < -0.4 is 19.5 Å². The number of hydrogen-bond acceptors (Lipinski definition) is 8. The zero-order valence-corrected chi connectivity index (χ0v) is 20.4. The minimum Gasteiger partial charge on any atom is -0.490 e. The summed E-state index contributed by atoms with van der Waals surface area (Å²) >= 11 is 1.48. The third-order valence-electron chi connectivity index (χ3n) is 4.97. The fourth-order valence-corrected chi connectivity index (χ4v) is 4.29. The normalized spacial score (nSPS) is 10.9. The van der Waals surface area contributed by atoms with E-state index >= 15 is 0 Å². The molecule has 9 nitrogen and oxygen atoms in total. The van der Waals surface area contributed by atoms with E-state index in [1.165, 1.54) is 11.3 Å². The number of carbonyl (C=O) groups is 1. The van der Waals surface area contributed by atoms with Crippen molar-refractivity contribution in [2.45, 2.75) is 34.2 Å². The van der Waals surface area contributed by atoms with E-state index < -0.39 is 0 Å². The van der Waals surface area contributed by atoms with Gasteiger partial charge in [-0.05, 0) is 45.4 Å². The van der Waals surface area contributed by atoms with Gasteiger partial charge in [0.15, 0.2) is 17.3 Å². The molecule has 2 heterocycles. The van der Waals surface area contributed by atoms with E-state index in [0.717, 1.165) is 26.9 Å². The number of nitrogens with one attached hydrogen (secondary N) is 1. The minimum atomic E-state index is -0.224. The second-order valence-corrected chi connectivity index (χ2v) is 8.29. The zero-order valence-electron chi connectivity index (χ0n) is 19.6. The van der Waals surface area contributed by atoms with Gasteiger partial charge in [-0.2, -0.15) is 9.61 Å². The van der Waals surface area contributed by atoms with Crippen LogP contribution in [-0.4, -0.2) is 45.5 Å². The lowest BCUT2D eigenvalue weighted by Gasteiger charge is -2.17. The molecule has 2 aromatic carbocycles. The first-order chi connectivity index (χ1) is 16.5. The number of aryl methyl sites for hydroxylation is 1. The van der Waals surface area contributed by atoms with Crippen LogP contribution in [-0.2, 0) is 6.54 Å². The first kappa shape index (κ1) is 23.5. The van der Waals surface area contributed by atoms with E-state index in [1.807, 2.05) is 52.0 Å². The largest absolute Gasteiger partial charge is 0.490 e. The first-order valence-electron chi connectivity index (χ1n) is 11.2. The summed E-state index contributed by atoms with van der Waals surface area (Å²) in [6.07, 6.45) is 0. The minimum absolute atomic E-state index is 0.224. The Labute approximate surface area is 201 Å². The molecule has 0 atom stereocenters. The van der Waals surface area contributed by atoms with Crippen molar-refractivity contribution in [1.82, 2.24) is 25.1 Å². The fourth-order valence-electron chi connectivity index (χ4n) is 3.40. The summed E-state index contributed by atoms with van der Waals surface area (Å²) in [7, 11) is 0. The van der Waals surface area contributed by atoms with Crippen LogP contribution in [0.1, 0.15) is 42.5 Å². The topological polar surface area (TPSA) is 99.9 Å². The Balaban J connectivity index is 1.47. The number of benzene rings is 2. The number of nitrogens with zero attached hydrogens (tertiary/aromatic N) is 4. The summed E-state index contributed by atoms with van der Waals surface area (Å²) in [5, 5.41) is 16.5. The van der Waals surface area contributed by atoms with Crippen LogP contribution in [0.2, 0.25) is 0 Å². The molecule has 0 fully saturated rings. The van der Waals surface area contributed by atoms with E-state index in [0.29, 0.717) is 49.2 Å². The highest BCUT2D eigenvalue weighted by Gasteiger charge is 2.18. The van der Waals surface area contributed by atoms with Crippen molar-refractivity contribution >= 4 is 22.2 Å². The van der Waals surface area contributed by atoms with Gasteiger partial charge in [-0.15, -0.1) is 10.2 Å². The number of fused-ring (bicyclic) bond motifs is 1. The lowest BCUT2D eigenvalue weighted by Crippen LogP contribution is -2.23. The third-order valence-corrected chi connectivity index (χ3v) is 5.92. The summed E-state index contributed by atoms with van der Waals surface area (Å²) in [6.45, 7) is 9.27. The molecule has 1 N–H and O–H groups in total. The summed E-state index contributed by atoms with van der Waals surface area (Å²) < 4.78 is 18.9. The molecule has 0 bridgehead atoms. The van der Waals surface area contributed by atoms with Crippen molar-refractivity contribution < 1.29 is 19.0 Å². The van der Waals surface area contributed by atoms with Crippen molar-refractivity contribution in [1.29, 1.82) is 0 Å². The molecule has 0 unspecified atom stereocenters. The van der Waals surface area contributed by atoms with Gasteiger partial charge in [-0.25, -0.2) is 0 Å². The molecule has 4 aromatic rings. The SMILES string of the molecule is CCOc1cc(C(=O)NCc2ccc(-c3nn4c(C)nnc4s3)cc2)cc(OCC)c1OCC. The van der Waals surface area contributed by atoms with Crippen molar-refractivity contribution in [3.05, 3.63) is 53.3 Å². The summed E-state index contributed by atoms with van der Waals surface area (Å²) in [5.41, 5.74) is 2.40. The number of hydrogen-bond donors (Lipinski definition) is 1. The lowest BCUT2D eigenvalue weighted by molar-refractivity contribution is 0.0949. The molecule has 1 amide bonds. The Hall–Kier alpha value is -3.66. The van der Waals surface area contributed by atoms with Crippen LogP contribution in [0, 0.1) is 6.92 Å². The molecule has 0 radical (unpaired) electrons. The van der Waals surface area contributed by atoms with Crippen molar-refractivity contribution in [2.75, 3.05) is 19.8 Å². The molecule has 0 aliphatic heterocycles. The predicted molar refractivity (Wildman–Crippen MR) is 130 cm³/mol. The highest BCUT2D eigenvalue weighted by Crippen LogP contribution is 2.39. The number of rotatable bonds is 10. The van der Waals surface area contributed by atoms with Crippen LogP contribution in [0.5, 0.6) is 17.2 Å². The van der Waals surface area contributed by atoms with E-state index in [2.05, 4.69) is 20.6 Å². The van der Waals surface area contributed by atoms with Crippen LogP contribution in [0.15, 0.2) is 36.4 Å². The average Bonchev–Trinajstić information content (AvgIpc) is 3.42. The molecular weight excluding hydrogens is 454 g/mol. The molecular formula is C24H27N5O4S. The molecule has 0 saturated heterocycles. The van der Waals surface area contributed by atoms with E-state index in [4.69, 9.17) is 14.2 Å². The van der Waals surface area contributed by atoms with E-state index in [-0.39, 0.29) is 5.91 Å². The second kappa shape index (κ2) is 10.5. The average molecular weight is 482 g/mol. The van der Waals surface area contributed by atoms with Gasteiger partial charge < -0.3 is 19.5 Å². The molecule has 4 rings (SSSR count). The van der Waals surface area contributed by atoms with Crippen LogP contribution in [0.4, 0.5) is 0 Å². The van der Waals surface area contributed by atoms with Gasteiger partial charge in [0.1, 0.15) is 5.01 Å². The number of amides is 1. The third kappa shape index (κ3) is 4.96. The molecule has 0 saturated carbocycles. The van der Waals surface area contributed by atoms with Gasteiger partial charge in [0.05, 0.1) is 19.8 Å². The van der Waals surface area contributed by atoms with Crippen LogP contribution >= 0.6 is 11.3 Å². The molecule has 10 heteroatoms. The predicted octanol–water partition coefficient (Wildman–Crippen LogP) is 4.29. The Bertz CT molecular complexity index is 1260. The number of ether oxygens (including phenoxy) is 3. The Kier molecular flexibility index (Phi) is 7.27. The van der Waals surface area contributed by atoms with Gasteiger partial charge in [-0.3, -0.25) is 4.79 Å². The quantitative estimate of drug-likeness (QED) is 0.361. The first-order valence-corrected chi connectivity index (χ1v) is 12.0. The summed E-state index contributed by atoms with van der Waals surface area (Å²) in [6, 6.07) is 11.3. The maximum Gasteiger partial charge on any atom is 0.251 e. The molecule has 0 spiro atoms. The second-order valence-electron chi connectivity index (χ2n) is 7.33. The maximum atomic E-state index is 12.9. The van der Waals surface area contributed by atoms with Gasteiger partial charge >= 0.3 is 0 Å². The standard InChI is InChI=1S/C24H27N5O4S/c1-5-31-19-12-18(13-20(32-6-2)21(19)33-7-3)22(30)25-14-16-8-10-17(11-9-16)23-28-29-15(4)26-27-24(29)34-23/h8-13H,5-7,14H2,1-4H3,(H,25,30). The van der Waals surface area contributed by atoms with E-state index in [1.54, 1.807) is 16.6 Å². The van der Waals surface area contributed by atoms with Crippen LogP contribution in [0.3, 0.4) is 0 Å². The summed E-state index contributed by atoms with van der Waals surface area (Å²) in [5.74, 6) is 2.03. The van der Waals surface area contributed by atoms with Gasteiger partial charge in [0, 0.05) is 17.7 Å². The number of aromatic nitrogens is 4. The van der Waals surface area contributed by atoms with Gasteiger partial charge in [0.25, 0.3) is 5.91 Å². The van der Waals surface area contributed by atoms with Crippen molar-refractivity contribution in [3.63, 3.8) is 0 Å². The van der Waals surface area contributed by atoms with Gasteiger partial charge in [0.2, 0.25) is 10.7 Å². The molecule has 0 aliphatic carbocycles. The van der Waals surface area contributed by atoms with Crippen LogP contribution in [0.25, 0.3) is 15.5 Å². The Morgan fingerprint density at radius 3 is 2.21 bits per heavy atom. The molecule has 34 heavy (non-hydrogen) atoms. The number of carbonyl (C=O) groups excluding carboxylic acids is 1. The van der Waals surface area contributed by atoms with Gasteiger partial charge in [-0.1, -0.05) is 35.6 Å². The maximum absolute atomic E-state index is 12.9. The zero-order chi connectivity index (χ0) is 24.1. The van der Waals surface area contributed by atoms with Crippen molar-refractivity contribution in [2.24, 2.45) is 0 Å². The highest BCUT2D eigenvalue weighted by molar-refractivity contribution is 7.19. The highest BCUT2D eigenvalue weighted by atomic mass is 32.1. The Morgan fingerprint density at radius 1 is 0.971 bits per heavy atom.